The Morgan fingerprint density at radius 2 is 2.00 bits per heavy atom. The molecule has 0 bridgehead atoms. The van der Waals surface area contributed by atoms with E-state index in [9.17, 15) is 14.7 Å². The Hall–Kier alpha value is -1.40. The molecule has 1 aromatic rings. The Labute approximate surface area is 133 Å². The molecule has 120 valence electrons. The second kappa shape index (κ2) is 6.79. The van der Waals surface area contributed by atoms with Crippen molar-refractivity contribution >= 4 is 23.2 Å². The number of carboxylic acid groups (broad SMARTS) is 1. The summed E-state index contributed by atoms with van der Waals surface area (Å²) < 4.78 is 5.33. The summed E-state index contributed by atoms with van der Waals surface area (Å²) in [5.74, 6) is -1.07. The average Bonchev–Trinajstić information content (AvgIpc) is 2.97. The zero-order chi connectivity index (χ0) is 15.5. The van der Waals surface area contributed by atoms with Gasteiger partial charge in [-0.25, -0.2) is 0 Å². The maximum atomic E-state index is 12.9. The summed E-state index contributed by atoms with van der Waals surface area (Å²) in [7, 11) is 0. The van der Waals surface area contributed by atoms with E-state index in [2.05, 4.69) is 0 Å². The second-order valence-electron chi connectivity index (χ2n) is 5.93. The third-order valence-electron chi connectivity index (χ3n) is 4.49. The number of hydrogen-bond donors (Lipinski definition) is 1. The molecule has 0 saturated carbocycles. The van der Waals surface area contributed by atoms with Gasteiger partial charge >= 0.3 is 5.97 Å². The summed E-state index contributed by atoms with van der Waals surface area (Å²) in [4.78, 5) is 27.0. The van der Waals surface area contributed by atoms with Crippen LogP contribution in [0.5, 0.6) is 0 Å². The average molecular weight is 323 g/mol. The largest absolute Gasteiger partial charge is 0.480 e. The SMILES string of the molecule is O=C(O)CN(C(=O)c1csc2c1CCCC2)C1CCOCC1. The number of carbonyl (C=O) groups is 2. The molecule has 0 unspecified atom stereocenters. The topological polar surface area (TPSA) is 66.8 Å². The van der Waals surface area contributed by atoms with Gasteiger partial charge in [-0.2, -0.15) is 0 Å². The lowest BCUT2D eigenvalue weighted by Crippen LogP contribution is -2.46. The molecule has 1 N–H and O–H groups in total. The molecule has 1 aliphatic heterocycles. The molecule has 3 rings (SSSR count). The number of rotatable bonds is 4. The molecule has 0 atom stereocenters. The number of hydrogen-bond acceptors (Lipinski definition) is 4. The molecule has 5 nitrogen and oxygen atoms in total. The summed E-state index contributed by atoms with van der Waals surface area (Å²) in [5.41, 5.74) is 1.89. The van der Waals surface area contributed by atoms with Gasteiger partial charge in [0.1, 0.15) is 6.54 Å². The van der Waals surface area contributed by atoms with Gasteiger partial charge in [-0.15, -0.1) is 11.3 Å². The van der Waals surface area contributed by atoms with Gasteiger partial charge in [-0.3, -0.25) is 9.59 Å². The van der Waals surface area contributed by atoms with E-state index >= 15 is 0 Å². The molecular formula is C16H21NO4S. The molecule has 2 heterocycles. The normalized spacial score (nSPS) is 18.7. The van der Waals surface area contributed by atoms with E-state index in [1.165, 1.54) is 11.3 Å². The Bertz CT molecular complexity index is 562. The van der Waals surface area contributed by atoms with Crippen molar-refractivity contribution < 1.29 is 19.4 Å². The maximum absolute atomic E-state index is 12.9. The van der Waals surface area contributed by atoms with Crippen molar-refractivity contribution in [3.05, 3.63) is 21.4 Å². The lowest BCUT2D eigenvalue weighted by molar-refractivity contribution is -0.138. The van der Waals surface area contributed by atoms with Crippen LogP contribution >= 0.6 is 11.3 Å². The fourth-order valence-electron chi connectivity index (χ4n) is 3.34. The van der Waals surface area contributed by atoms with Crippen molar-refractivity contribution in [3.63, 3.8) is 0 Å². The number of nitrogens with zero attached hydrogens (tertiary/aromatic N) is 1. The number of thiophene rings is 1. The first kappa shape index (κ1) is 15.5. The van der Waals surface area contributed by atoms with Gasteiger partial charge in [0.15, 0.2) is 0 Å². The molecular weight excluding hydrogens is 302 g/mol. The minimum Gasteiger partial charge on any atom is -0.480 e. The summed E-state index contributed by atoms with van der Waals surface area (Å²) in [6.07, 6.45) is 5.70. The number of carboxylic acids is 1. The standard InChI is InChI=1S/C16H21NO4S/c18-15(19)9-17(11-5-7-21-8-6-11)16(20)13-10-22-14-4-2-1-3-12(13)14/h10-11H,1-9H2,(H,18,19). The monoisotopic (exact) mass is 323 g/mol. The minimum absolute atomic E-state index is 0.0310. The number of fused-ring (bicyclic) bond motifs is 1. The number of aryl methyl sites for hydroxylation is 1. The van der Waals surface area contributed by atoms with Crippen LogP contribution in [0.1, 0.15) is 46.5 Å². The molecule has 0 spiro atoms. The van der Waals surface area contributed by atoms with Crippen molar-refractivity contribution in [2.24, 2.45) is 0 Å². The van der Waals surface area contributed by atoms with Crippen LogP contribution in [-0.2, 0) is 22.4 Å². The van der Waals surface area contributed by atoms with Crippen molar-refractivity contribution in [1.82, 2.24) is 4.90 Å². The van der Waals surface area contributed by atoms with Crippen LogP contribution in [0.3, 0.4) is 0 Å². The zero-order valence-corrected chi connectivity index (χ0v) is 13.4. The van der Waals surface area contributed by atoms with Gasteiger partial charge in [0.2, 0.25) is 0 Å². The molecule has 1 aromatic heterocycles. The van der Waals surface area contributed by atoms with Crippen LogP contribution in [0.4, 0.5) is 0 Å². The van der Waals surface area contributed by atoms with E-state index in [0.717, 1.165) is 30.4 Å². The van der Waals surface area contributed by atoms with E-state index in [-0.39, 0.29) is 18.5 Å². The first-order valence-corrected chi connectivity index (χ1v) is 8.74. The van der Waals surface area contributed by atoms with Gasteiger partial charge < -0.3 is 14.7 Å². The maximum Gasteiger partial charge on any atom is 0.323 e. The Morgan fingerprint density at radius 3 is 2.73 bits per heavy atom. The van der Waals surface area contributed by atoms with E-state index in [0.29, 0.717) is 26.1 Å². The van der Waals surface area contributed by atoms with Crippen LogP contribution in [0.15, 0.2) is 5.38 Å². The first-order chi connectivity index (χ1) is 10.7. The van der Waals surface area contributed by atoms with E-state index in [4.69, 9.17) is 4.74 Å². The highest BCUT2D eigenvalue weighted by molar-refractivity contribution is 7.10. The summed E-state index contributed by atoms with van der Waals surface area (Å²) in [6.45, 7) is 0.958. The fourth-order valence-corrected chi connectivity index (χ4v) is 4.46. The molecule has 6 heteroatoms. The molecule has 0 radical (unpaired) electrons. The number of ether oxygens (including phenoxy) is 1. The van der Waals surface area contributed by atoms with Gasteiger partial charge in [0.25, 0.3) is 5.91 Å². The van der Waals surface area contributed by atoms with E-state index in [1.807, 2.05) is 5.38 Å². The highest BCUT2D eigenvalue weighted by Gasteiger charge is 2.31. The van der Waals surface area contributed by atoms with Crippen molar-refractivity contribution in [3.8, 4) is 0 Å². The predicted molar refractivity (Wildman–Crippen MR) is 83.5 cm³/mol. The molecule has 1 fully saturated rings. The molecule has 1 saturated heterocycles. The molecule has 1 aliphatic carbocycles. The molecule has 2 aliphatic rings. The minimum atomic E-state index is -0.955. The quantitative estimate of drug-likeness (QED) is 0.923. The lowest BCUT2D eigenvalue weighted by Gasteiger charge is -2.33. The van der Waals surface area contributed by atoms with Crippen molar-refractivity contribution in [2.75, 3.05) is 19.8 Å². The van der Waals surface area contributed by atoms with Crippen molar-refractivity contribution in [1.29, 1.82) is 0 Å². The van der Waals surface area contributed by atoms with Gasteiger partial charge in [-0.1, -0.05) is 0 Å². The third-order valence-corrected chi connectivity index (χ3v) is 5.58. The highest BCUT2D eigenvalue weighted by Crippen LogP contribution is 2.31. The van der Waals surface area contributed by atoms with Crippen LogP contribution < -0.4 is 0 Å². The highest BCUT2D eigenvalue weighted by atomic mass is 32.1. The smallest absolute Gasteiger partial charge is 0.323 e. The first-order valence-electron chi connectivity index (χ1n) is 7.86. The van der Waals surface area contributed by atoms with Crippen LogP contribution in [-0.4, -0.2) is 47.7 Å². The molecule has 22 heavy (non-hydrogen) atoms. The number of aliphatic carboxylic acids is 1. The van der Waals surface area contributed by atoms with Crippen LogP contribution in [0.2, 0.25) is 0 Å². The Morgan fingerprint density at radius 1 is 1.27 bits per heavy atom. The summed E-state index contributed by atoms with van der Waals surface area (Å²) in [6, 6.07) is -0.0310. The zero-order valence-electron chi connectivity index (χ0n) is 12.5. The van der Waals surface area contributed by atoms with Gasteiger partial charge in [0.05, 0.1) is 5.56 Å². The summed E-state index contributed by atoms with van der Waals surface area (Å²) >= 11 is 1.64. The number of amides is 1. The van der Waals surface area contributed by atoms with Crippen LogP contribution in [0.25, 0.3) is 0 Å². The van der Waals surface area contributed by atoms with E-state index < -0.39 is 5.97 Å². The van der Waals surface area contributed by atoms with Gasteiger partial charge in [-0.05, 0) is 44.1 Å². The second-order valence-corrected chi connectivity index (χ2v) is 6.89. The number of carbonyl (C=O) groups excluding carboxylic acids is 1. The van der Waals surface area contributed by atoms with Gasteiger partial charge in [0, 0.05) is 29.5 Å². The van der Waals surface area contributed by atoms with Crippen LogP contribution in [0, 0.1) is 0 Å². The van der Waals surface area contributed by atoms with Crippen molar-refractivity contribution in [2.45, 2.75) is 44.6 Å². The summed E-state index contributed by atoms with van der Waals surface area (Å²) in [5, 5.41) is 11.1. The molecule has 1 amide bonds. The van der Waals surface area contributed by atoms with E-state index in [1.54, 1.807) is 16.2 Å². The Kier molecular flexibility index (Phi) is 4.78. The predicted octanol–water partition coefficient (Wildman–Crippen LogP) is 2.33. The third kappa shape index (κ3) is 3.17. The molecule has 0 aromatic carbocycles. The fraction of sp³-hybridized carbons (Fsp3) is 0.625. The Balaban J connectivity index is 1.84. The lowest BCUT2D eigenvalue weighted by atomic mass is 9.95.